The fourth-order valence-corrected chi connectivity index (χ4v) is 3.00. The number of carbonyl (C=O) groups excluding carboxylic acids is 1. The lowest BCUT2D eigenvalue weighted by molar-refractivity contribution is 0.150. The van der Waals surface area contributed by atoms with E-state index in [0.717, 1.165) is 11.1 Å². The van der Waals surface area contributed by atoms with E-state index in [1.165, 1.54) is 4.90 Å². The molecule has 1 aliphatic rings. The Balaban J connectivity index is 1.57. The van der Waals surface area contributed by atoms with Gasteiger partial charge in [0.25, 0.3) is 0 Å². The molecule has 1 heterocycles. The highest BCUT2D eigenvalue weighted by atomic mass is 16.5. The van der Waals surface area contributed by atoms with Crippen LogP contribution in [0.3, 0.4) is 0 Å². The molecule has 7 nitrogen and oxygen atoms in total. The molecule has 0 spiro atoms. The van der Waals surface area contributed by atoms with Gasteiger partial charge >= 0.3 is 12.1 Å². The zero-order valence-corrected chi connectivity index (χ0v) is 15.6. The Bertz CT molecular complexity index is 877. The van der Waals surface area contributed by atoms with E-state index >= 15 is 0 Å². The van der Waals surface area contributed by atoms with Crippen LogP contribution >= 0.6 is 0 Å². The van der Waals surface area contributed by atoms with Crippen molar-refractivity contribution in [1.29, 1.82) is 0 Å². The van der Waals surface area contributed by atoms with Crippen LogP contribution in [0.2, 0.25) is 0 Å². The van der Waals surface area contributed by atoms with Crippen molar-refractivity contribution in [3.8, 4) is 5.75 Å². The minimum Gasteiger partial charge on any atom is -0.494 e. The van der Waals surface area contributed by atoms with E-state index in [2.05, 4.69) is 10.6 Å². The van der Waals surface area contributed by atoms with Crippen molar-refractivity contribution >= 4 is 29.1 Å². The van der Waals surface area contributed by atoms with Crippen LogP contribution in [0.4, 0.5) is 21.0 Å². The van der Waals surface area contributed by atoms with Crippen molar-refractivity contribution in [1.82, 2.24) is 4.90 Å². The Hall–Kier alpha value is -3.48. The Kier molecular flexibility index (Phi) is 6.16. The molecule has 0 radical (unpaired) electrons. The van der Waals surface area contributed by atoms with E-state index in [1.807, 2.05) is 49.4 Å². The first-order valence-corrected chi connectivity index (χ1v) is 9.13. The summed E-state index contributed by atoms with van der Waals surface area (Å²) in [6.07, 6.45) is 1.71. The maximum absolute atomic E-state index is 12.2. The molecule has 3 rings (SSSR count). The second kappa shape index (κ2) is 8.94. The molecular weight excluding hydrogens is 358 g/mol. The lowest BCUT2D eigenvalue weighted by atomic mass is 9.99. The lowest BCUT2D eigenvalue weighted by Crippen LogP contribution is -2.33. The number of ether oxygens (including phenoxy) is 1. The molecule has 7 heteroatoms. The number of nitrogens with one attached hydrogen (secondary N) is 2. The van der Waals surface area contributed by atoms with Crippen LogP contribution < -0.4 is 15.4 Å². The summed E-state index contributed by atoms with van der Waals surface area (Å²) >= 11 is 0. The van der Waals surface area contributed by atoms with Crippen molar-refractivity contribution in [2.24, 2.45) is 0 Å². The number of urea groups is 1. The Morgan fingerprint density at radius 1 is 1.11 bits per heavy atom. The van der Waals surface area contributed by atoms with Crippen molar-refractivity contribution in [3.63, 3.8) is 0 Å². The molecule has 0 saturated heterocycles. The number of rotatable bonds is 5. The summed E-state index contributed by atoms with van der Waals surface area (Å²) in [5, 5.41) is 14.6. The molecule has 3 amide bonds. The number of anilines is 2. The second-order valence-electron chi connectivity index (χ2n) is 6.33. The van der Waals surface area contributed by atoms with E-state index in [1.54, 1.807) is 12.1 Å². The van der Waals surface area contributed by atoms with Gasteiger partial charge in [-0.25, -0.2) is 9.59 Å². The van der Waals surface area contributed by atoms with Gasteiger partial charge in [0.05, 0.1) is 6.61 Å². The highest BCUT2D eigenvalue weighted by molar-refractivity contribution is 5.99. The first-order valence-electron chi connectivity index (χ1n) is 9.13. The number of carbonyl (C=O) groups is 2. The molecule has 0 fully saturated rings. The summed E-state index contributed by atoms with van der Waals surface area (Å²) in [5.41, 5.74) is 3.46. The molecule has 3 N–H and O–H groups in total. The molecular formula is C21H23N3O4. The Morgan fingerprint density at radius 3 is 2.50 bits per heavy atom. The quantitative estimate of drug-likeness (QED) is 0.711. The first kappa shape index (κ1) is 19.3. The second-order valence-corrected chi connectivity index (χ2v) is 6.33. The number of hydrogen-bond donors (Lipinski definition) is 3. The van der Waals surface area contributed by atoms with Gasteiger partial charge < -0.3 is 25.4 Å². The normalized spacial score (nSPS) is 13.5. The summed E-state index contributed by atoms with van der Waals surface area (Å²) in [6.45, 7) is 3.35. The average molecular weight is 381 g/mol. The van der Waals surface area contributed by atoms with Crippen molar-refractivity contribution in [2.45, 2.75) is 13.3 Å². The average Bonchev–Trinajstić information content (AvgIpc) is 2.69. The van der Waals surface area contributed by atoms with E-state index in [0.29, 0.717) is 43.2 Å². The summed E-state index contributed by atoms with van der Waals surface area (Å²) in [5.74, 6) is 0.701. The van der Waals surface area contributed by atoms with Gasteiger partial charge in [0, 0.05) is 30.5 Å². The third kappa shape index (κ3) is 5.03. The molecule has 28 heavy (non-hydrogen) atoms. The minimum absolute atomic E-state index is 0.338. The van der Waals surface area contributed by atoms with Crippen molar-refractivity contribution < 1.29 is 19.4 Å². The van der Waals surface area contributed by atoms with Gasteiger partial charge in [-0.2, -0.15) is 0 Å². The fraction of sp³-hybridized carbons (Fsp3) is 0.238. The van der Waals surface area contributed by atoms with Gasteiger partial charge in [0.15, 0.2) is 0 Å². The number of nitrogens with zero attached hydrogens (tertiary/aromatic N) is 1. The number of benzene rings is 2. The molecule has 0 saturated carbocycles. The molecule has 2 aromatic rings. The summed E-state index contributed by atoms with van der Waals surface area (Å²) in [6, 6.07) is 14.4. The standard InChI is InChI=1S/C21H23N3O4/c1-2-28-19-5-3-4-18(14-19)23-20(25)22-17-8-6-15(7-9-17)16-10-12-24(13-11-16)21(26)27/h3-10,14H,2,11-13H2,1H3,(H,26,27)(H2,22,23,25). The van der Waals surface area contributed by atoms with Crippen LogP contribution in [-0.4, -0.2) is 41.8 Å². The predicted molar refractivity (Wildman–Crippen MR) is 109 cm³/mol. The van der Waals surface area contributed by atoms with E-state index in [9.17, 15) is 9.59 Å². The summed E-state index contributed by atoms with van der Waals surface area (Å²) in [4.78, 5) is 24.6. The maximum atomic E-state index is 12.2. The van der Waals surface area contributed by atoms with Gasteiger partial charge in [-0.15, -0.1) is 0 Å². The fourth-order valence-electron chi connectivity index (χ4n) is 3.00. The monoisotopic (exact) mass is 381 g/mol. The van der Waals surface area contributed by atoms with Crippen LogP contribution in [0, 0.1) is 0 Å². The molecule has 0 aromatic heterocycles. The largest absolute Gasteiger partial charge is 0.494 e. The molecule has 2 aromatic carbocycles. The number of amides is 3. The van der Waals surface area contributed by atoms with Gasteiger partial charge in [-0.3, -0.25) is 0 Å². The smallest absolute Gasteiger partial charge is 0.407 e. The highest BCUT2D eigenvalue weighted by Gasteiger charge is 2.16. The molecule has 1 aliphatic heterocycles. The van der Waals surface area contributed by atoms with Gasteiger partial charge in [0.2, 0.25) is 0 Å². The summed E-state index contributed by atoms with van der Waals surface area (Å²) < 4.78 is 5.42. The molecule has 0 unspecified atom stereocenters. The first-order chi connectivity index (χ1) is 13.5. The Morgan fingerprint density at radius 2 is 1.86 bits per heavy atom. The zero-order chi connectivity index (χ0) is 19.9. The maximum Gasteiger partial charge on any atom is 0.407 e. The third-order valence-electron chi connectivity index (χ3n) is 4.40. The highest BCUT2D eigenvalue weighted by Crippen LogP contribution is 2.24. The predicted octanol–water partition coefficient (Wildman–Crippen LogP) is 4.50. The van der Waals surface area contributed by atoms with Gasteiger partial charge in [0.1, 0.15) is 5.75 Å². The van der Waals surface area contributed by atoms with Crippen molar-refractivity contribution in [3.05, 3.63) is 60.2 Å². The molecule has 0 bridgehead atoms. The van der Waals surface area contributed by atoms with E-state index < -0.39 is 6.09 Å². The van der Waals surface area contributed by atoms with E-state index in [-0.39, 0.29) is 6.03 Å². The summed E-state index contributed by atoms with van der Waals surface area (Å²) in [7, 11) is 0. The molecule has 0 aliphatic carbocycles. The SMILES string of the molecule is CCOc1cccc(NC(=O)Nc2ccc(C3=CCN(C(=O)O)CC3)cc2)c1. The van der Waals surface area contributed by atoms with Gasteiger partial charge in [-0.1, -0.05) is 24.3 Å². The van der Waals surface area contributed by atoms with Crippen molar-refractivity contribution in [2.75, 3.05) is 30.3 Å². The van der Waals surface area contributed by atoms with Crippen LogP contribution in [0.5, 0.6) is 5.75 Å². The van der Waals surface area contributed by atoms with E-state index in [4.69, 9.17) is 9.84 Å². The molecule has 0 atom stereocenters. The number of carboxylic acid groups (broad SMARTS) is 1. The zero-order valence-electron chi connectivity index (χ0n) is 15.6. The van der Waals surface area contributed by atoms with Crippen LogP contribution in [0.15, 0.2) is 54.6 Å². The number of hydrogen-bond acceptors (Lipinski definition) is 3. The lowest BCUT2D eigenvalue weighted by Gasteiger charge is -2.23. The van der Waals surface area contributed by atoms with Crippen LogP contribution in [0.25, 0.3) is 5.57 Å². The van der Waals surface area contributed by atoms with Crippen LogP contribution in [0.1, 0.15) is 18.9 Å². The van der Waals surface area contributed by atoms with Crippen LogP contribution in [-0.2, 0) is 0 Å². The molecule has 146 valence electrons. The third-order valence-corrected chi connectivity index (χ3v) is 4.40. The Labute approximate surface area is 163 Å². The van der Waals surface area contributed by atoms with Gasteiger partial charge in [-0.05, 0) is 48.7 Å². The minimum atomic E-state index is -0.896. The topological polar surface area (TPSA) is 90.9 Å².